The molecule has 2 aliphatic rings. The van der Waals surface area contributed by atoms with Crippen molar-refractivity contribution >= 4 is 5.84 Å². The van der Waals surface area contributed by atoms with Crippen LogP contribution in [0.3, 0.4) is 0 Å². The highest BCUT2D eigenvalue weighted by Gasteiger charge is 2.28. The Bertz CT molecular complexity index is 284. The number of piperazine rings is 1. The van der Waals surface area contributed by atoms with Crippen LogP contribution in [-0.2, 0) is 4.74 Å². The van der Waals surface area contributed by atoms with Crippen molar-refractivity contribution in [2.45, 2.75) is 31.8 Å². The van der Waals surface area contributed by atoms with Gasteiger partial charge in [0.25, 0.3) is 0 Å². The van der Waals surface area contributed by atoms with Gasteiger partial charge in [-0.05, 0) is 19.8 Å². The number of oxime groups is 1. The van der Waals surface area contributed by atoms with E-state index < -0.39 is 0 Å². The van der Waals surface area contributed by atoms with Crippen LogP contribution in [0.4, 0.5) is 0 Å². The lowest BCUT2D eigenvalue weighted by Gasteiger charge is -2.42. The Morgan fingerprint density at radius 1 is 1.28 bits per heavy atom. The van der Waals surface area contributed by atoms with Gasteiger partial charge in [-0.25, -0.2) is 0 Å². The molecular formula is C12H24N4O2. The van der Waals surface area contributed by atoms with Gasteiger partial charge in [0.1, 0.15) is 0 Å². The molecule has 0 bridgehead atoms. The summed E-state index contributed by atoms with van der Waals surface area (Å²) in [4.78, 5) is 4.82. The fourth-order valence-electron chi connectivity index (χ4n) is 2.81. The van der Waals surface area contributed by atoms with Gasteiger partial charge in [-0.3, -0.25) is 9.80 Å². The molecule has 3 N–H and O–H groups in total. The van der Waals surface area contributed by atoms with Crippen molar-refractivity contribution in [3.63, 3.8) is 0 Å². The van der Waals surface area contributed by atoms with E-state index in [4.69, 9.17) is 15.7 Å². The summed E-state index contributed by atoms with van der Waals surface area (Å²) in [5.41, 5.74) is 5.65. The number of amidine groups is 1. The van der Waals surface area contributed by atoms with E-state index in [1.807, 2.05) is 6.92 Å². The van der Waals surface area contributed by atoms with Gasteiger partial charge in [0.15, 0.2) is 5.84 Å². The molecule has 0 saturated carbocycles. The Hall–Kier alpha value is -0.850. The third kappa shape index (κ3) is 3.13. The zero-order valence-corrected chi connectivity index (χ0v) is 11.1. The maximum atomic E-state index is 8.70. The van der Waals surface area contributed by atoms with Gasteiger partial charge in [0.2, 0.25) is 0 Å². The Morgan fingerprint density at radius 3 is 2.44 bits per heavy atom. The van der Waals surface area contributed by atoms with Crippen LogP contribution in [0.2, 0.25) is 0 Å². The van der Waals surface area contributed by atoms with Crippen LogP contribution < -0.4 is 5.73 Å². The lowest BCUT2D eigenvalue weighted by atomic mass is 10.1. The van der Waals surface area contributed by atoms with E-state index in [2.05, 4.69) is 15.0 Å². The average molecular weight is 256 g/mol. The van der Waals surface area contributed by atoms with Crippen molar-refractivity contribution in [2.75, 3.05) is 39.4 Å². The molecule has 2 rings (SSSR count). The van der Waals surface area contributed by atoms with E-state index in [1.54, 1.807) is 0 Å². The van der Waals surface area contributed by atoms with E-state index in [-0.39, 0.29) is 6.04 Å². The minimum atomic E-state index is 0.0202. The van der Waals surface area contributed by atoms with Crippen LogP contribution in [0.1, 0.15) is 19.8 Å². The maximum Gasteiger partial charge on any atom is 0.156 e. The predicted molar refractivity (Wildman–Crippen MR) is 69.9 cm³/mol. The zero-order chi connectivity index (χ0) is 13.0. The zero-order valence-electron chi connectivity index (χ0n) is 11.1. The Kier molecular flexibility index (Phi) is 4.79. The molecule has 0 amide bonds. The number of nitrogens with zero attached hydrogens (tertiary/aromatic N) is 3. The van der Waals surface area contributed by atoms with Crippen molar-refractivity contribution < 1.29 is 9.94 Å². The Balaban J connectivity index is 1.80. The van der Waals surface area contributed by atoms with Gasteiger partial charge >= 0.3 is 0 Å². The summed E-state index contributed by atoms with van der Waals surface area (Å²) in [6, 6.07) is 0.701. The molecule has 0 radical (unpaired) electrons. The lowest BCUT2D eigenvalue weighted by Crippen LogP contribution is -2.55. The van der Waals surface area contributed by atoms with Crippen LogP contribution in [0.25, 0.3) is 0 Å². The van der Waals surface area contributed by atoms with Crippen LogP contribution >= 0.6 is 0 Å². The van der Waals surface area contributed by atoms with E-state index >= 15 is 0 Å². The van der Waals surface area contributed by atoms with Crippen LogP contribution in [-0.4, -0.2) is 72.3 Å². The number of nitrogens with two attached hydrogens (primary N) is 1. The third-order valence-corrected chi connectivity index (χ3v) is 4.15. The molecule has 0 aromatic heterocycles. The largest absolute Gasteiger partial charge is 0.409 e. The van der Waals surface area contributed by atoms with Crippen molar-refractivity contribution in [3.05, 3.63) is 0 Å². The molecule has 0 aliphatic carbocycles. The second-order valence-electron chi connectivity index (χ2n) is 5.12. The second kappa shape index (κ2) is 6.36. The quantitative estimate of drug-likeness (QED) is 0.320. The second-order valence-corrected chi connectivity index (χ2v) is 5.12. The van der Waals surface area contributed by atoms with Crippen LogP contribution in [0.5, 0.6) is 0 Å². The standard InChI is InChI=1S/C12H24N4O2/c1-10(12(13)14-17)15-4-6-16(7-5-15)11-2-8-18-9-3-11/h10-11,17H,2-9H2,1H3,(H2,13,14). The number of ether oxygens (including phenoxy) is 1. The van der Waals surface area contributed by atoms with E-state index in [0.717, 1.165) is 52.2 Å². The number of hydrogen-bond acceptors (Lipinski definition) is 5. The molecule has 2 aliphatic heterocycles. The Labute approximate surface area is 108 Å². The van der Waals surface area contributed by atoms with Gasteiger partial charge in [0, 0.05) is 45.4 Å². The highest BCUT2D eigenvalue weighted by atomic mass is 16.5. The van der Waals surface area contributed by atoms with Gasteiger partial charge in [0.05, 0.1) is 6.04 Å². The molecule has 18 heavy (non-hydrogen) atoms. The topological polar surface area (TPSA) is 74.3 Å². The van der Waals surface area contributed by atoms with Crippen molar-refractivity contribution in [3.8, 4) is 0 Å². The van der Waals surface area contributed by atoms with Gasteiger partial charge in [-0.2, -0.15) is 0 Å². The fraction of sp³-hybridized carbons (Fsp3) is 0.917. The molecule has 0 aromatic rings. The number of rotatable bonds is 3. The summed E-state index contributed by atoms with van der Waals surface area (Å²) in [7, 11) is 0. The van der Waals surface area contributed by atoms with E-state index in [0.29, 0.717) is 11.9 Å². The predicted octanol–water partition coefficient (Wildman–Crippen LogP) is -0.0821. The first kappa shape index (κ1) is 13.6. The minimum Gasteiger partial charge on any atom is -0.409 e. The third-order valence-electron chi connectivity index (χ3n) is 4.15. The molecule has 2 heterocycles. The molecular weight excluding hydrogens is 232 g/mol. The Morgan fingerprint density at radius 2 is 1.89 bits per heavy atom. The van der Waals surface area contributed by atoms with Gasteiger partial charge in [-0.15, -0.1) is 0 Å². The fourth-order valence-corrected chi connectivity index (χ4v) is 2.81. The first-order valence-electron chi connectivity index (χ1n) is 6.75. The lowest BCUT2D eigenvalue weighted by molar-refractivity contribution is 0.0116. The summed E-state index contributed by atoms with van der Waals surface area (Å²) >= 11 is 0. The summed E-state index contributed by atoms with van der Waals surface area (Å²) in [5, 5.41) is 11.8. The van der Waals surface area contributed by atoms with Gasteiger partial charge < -0.3 is 15.7 Å². The molecule has 6 heteroatoms. The molecule has 0 spiro atoms. The molecule has 1 unspecified atom stereocenters. The molecule has 1 atom stereocenters. The SMILES string of the molecule is CC(C(N)=NO)N1CCN(C2CCOCC2)CC1. The average Bonchev–Trinajstić information content (AvgIpc) is 2.47. The van der Waals surface area contributed by atoms with Crippen molar-refractivity contribution in [1.82, 2.24) is 9.80 Å². The molecule has 2 saturated heterocycles. The number of hydrogen-bond donors (Lipinski definition) is 2. The highest BCUT2D eigenvalue weighted by Crippen LogP contribution is 2.17. The van der Waals surface area contributed by atoms with Crippen LogP contribution in [0.15, 0.2) is 5.16 Å². The van der Waals surface area contributed by atoms with Gasteiger partial charge in [-0.1, -0.05) is 5.16 Å². The molecule has 104 valence electrons. The van der Waals surface area contributed by atoms with E-state index in [9.17, 15) is 0 Å². The maximum absolute atomic E-state index is 8.70. The summed E-state index contributed by atoms with van der Waals surface area (Å²) < 4.78 is 5.40. The summed E-state index contributed by atoms with van der Waals surface area (Å²) in [6.45, 7) is 7.86. The summed E-state index contributed by atoms with van der Waals surface area (Å²) in [6.07, 6.45) is 2.30. The highest BCUT2D eigenvalue weighted by molar-refractivity contribution is 5.84. The van der Waals surface area contributed by atoms with E-state index in [1.165, 1.54) is 0 Å². The molecule has 2 fully saturated rings. The van der Waals surface area contributed by atoms with Crippen LogP contribution in [0, 0.1) is 0 Å². The minimum absolute atomic E-state index is 0.0202. The van der Waals surface area contributed by atoms with Crippen molar-refractivity contribution in [1.29, 1.82) is 0 Å². The molecule has 0 aromatic carbocycles. The monoisotopic (exact) mass is 256 g/mol. The summed E-state index contributed by atoms with van der Waals surface area (Å²) in [5.74, 6) is 0.300. The normalized spacial score (nSPS) is 27.3. The molecule has 6 nitrogen and oxygen atoms in total. The van der Waals surface area contributed by atoms with Crippen molar-refractivity contribution in [2.24, 2.45) is 10.9 Å². The first-order valence-corrected chi connectivity index (χ1v) is 6.75. The first-order chi connectivity index (χ1) is 8.72. The smallest absolute Gasteiger partial charge is 0.156 e.